The Bertz CT molecular complexity index is 324. The lowest BCUT2D eigenvalue weighted by molar-refractivity contribution is 0.0942. The van der Waals surface area contributed by atoms with Gasteiger partial charge in [-0.15, -0.1) is 0 Å². The molecule has 1 aromatic rings. The second-order valence-electron chi connectivity index (χ2n) is 2.80. The number of halogens is 1. The molecule has 0 bridgehead atoms. The zero-order valence-electron chi connectivity index (χ0n) is 6.38. The summed E-state index contributed by atoms with van der Waals surface area (Å²) < 4.78 is 0. The lowest BCUT2D eigenvalue weighted by Crippen LogP contribution is -2.37. The van der Waals surface area contributed by atoms with Crippen LogP contribution in [0, 0.1) is 0 Å². The highest BCUT2D eigenvalue weighted by Gasteiger charge is 2.20. The predicted octanol–water partition coefficient (Wildman–Crippen LogP) is 1.69. The molecule has 12 heavy (non-hydrogen) atoms. The number of amides is 1. The lowest BCUT2D eigenvalue weighted by Gasteiger charge is -2.20. The van der Waals surface area contributed by atoms with Crippen molar-refractivity contribution in [3.05, 3.63) is 35.4 Å². The summed E-state index contributed by atoms with van der Waals surface area (Å²) in [4.78, 5) is 11.4. The summed E-state index contributed by atoms with van der Waals surface area (Å²) in [6, 6.07) is 7.68. The summed E-state index contributed by atoms with van der Waals surface area (Å²) in [5.74, 6) is 0.0127. The Morgan fingerprint density at radius 3 is 3.00 bits per heavy atom. The summed E-state index contributed by atoms with van der Waals surface area (Å²) in [6.45, 7) is 0. The molecule has 62 valence electrons. The van der Waals surface area contributed by atoms with Gasteiger partial charge in [0, 0.05) is 12.0 Å². The summed E-state index contributed by atoms with van der Waals surface area (Å²) in [5, 5.41) is 2.81. The average molecular weight is 226 g/mol. The van der Waals surface area contributed by atoms with E-state index in [1.54, 1.807) is 0 Å². The van der Waals surface area contributed by atoms with Crippen molar-refractivity contribution in [1.82, 2.24) is 5.32 Å². The Hall–Kier alpha value is -0.830. The van der Waals surface area contributed by atoms with Gasteiger partial charge in [-0.05, 0) is 11.6 Å². The summed E-state index contributed by atoms with van der Waals surface area (Å²) in [6.07, 6.45) is 0.863. The maximum atomic E-state index is 11.4. The Labute approximate surface area is 79.1 Å². The minimum Gasteiger partial charge on any atom is -0.339 e. The van der Waals surface area contributed by atoms with E-state index in [0.29, 0.717) is 0 Å². The van der Waals surface area contributed by atoms with E-state index in [1.807, 2.05) is 24.3 Å². The van der Waals surface area contributed by atoms with E-state index < -0.39 is 0 Å². The third-order valence-electron chi connectivity index (χ3n) is 1.95. The average Bonchev–Trinajstić information content (AvgIpc) is 2.04. The Balaban J connectivity index is 2.47. The van der Waals surface area contributed by atoms with E-state index in [-0.39, 0.29) is 10.9 Å². The van der Waals surface area contributed by atoms with E-state index >= 15 is 0 Å². The van der Waals surface area contributed by atoms with Gasteiger partial charge in [0.1, 0.15) is 0 Å². The Morgan fingerprint density at radius 1 is 1.42 bits per heavy atom. The number of carbonyl (C=O) groups excluding carboxylic acids is 1. The molecule has 0 aliphatic carbocycles. The number of carbonyl (C=O) groups is 1. The van der Waals surface area contributed by atoms with Crippen molar-refractivity contribution in [2.24, 2.45) is 0 Å². The maximum Gasteiger partial charge on any atom is 0.252 e. The van der Waals surface area contributed by atoms with E-state index in [0.717, 1.165) is 17.5 Å². The van der Waals surface area contributed by atoms with E-state index in [9.17, 15) is 4.79 Å². The standard InChI is InChI=1S/C9H8BrNO/c10-8-5-6-3-1-2-4-7(6)9(12)11-8/h1-4,8H,5H2,(H,11,12). The number of benzene rings is 1. The van der Waals surface area contributed by atoms with Crippen LogP contribution in [-0.2, 0) is 6.42 Å². The van der Waals surface area contributed by atoms with Crippen molar-refractivity contribution in [3.8, 4) is 0 Å². The topological polar surface area (TPSA) is 29.1 Å². The molecule has 1 atom stereocenters. The van der Waals surface area contributed by atoms with Crippen molar-refractivity contribution in [3.63, 3.8) is 0 Å². The zero-order chi connectivity index (χ0) is 8.55. The first kappa shape index (κ1) is 7.80. The molecule has 0 aromatic heterocycles. The maximum absolute atomic E-state index is 11.4. The SMILES string of the molecule is O=C1NC(Br)Cc2ccccc21. The first-order chi connectivity index (χ1) is 5.77. The van der Waals surface area contributed by atoms with Crippen LogP contribution >= 0.6 is 15.9 Å². The zero-order valence-corrected chi connectivity index (χ0v) is 7.97. The Kier molecular flexibility index (Phi) is 1.89. The fraction of sp³-hybridized carbons (Fsp3) is 0.222. The first-order valence-electron chi connectivity index (χ1n) is 3.80. The number of alkyl halides is 1. The molecular formula is C9H8BrNO. The molecule has 1 heterocycles. The first-order valence-corrected chi connectivity index (χ1v) is 4.72. The van der Waals surface area contributed by atoms with Crippen LogP contribution in [0.5, 0.6) is 0 Å². The summed E-state index contributed by atoms with van der Waals surface area (Å²) in [5.41, 5.74) is 1.91. The van der Waals surface area contributed by atoms with Gasteiger partial charge in [-0.1, -0.05) is 34.1 Å². The van der Waals surface area contributed by atoms with Crippen molar-refractivity contribution >= 4 is 21.8 Å². The molecule has 2 nitrogen and oxygen atoms in total. The van der Waals surface area contributed by atoms with Gasteiger partial charge in [-0.25, -0.2) is 0 Å². The molecule has 3 heteroatoms. The molecule has 2 rings (SSSR count). The van der Waals surface area contributed by atoms with Crippen molar-refractivity contribution < 1.29 is 4.79 Å². The molecule has 0 saturated carbocycles. The Morgan fingerprint density at radius 2 is 2.17 bits per heavy atom. The molecule has 0 radical (unpaired) electrons. The number of rotatable bonds is 0. The van der Waals surface area contributed by atoms with Gasteiger partial charge in [0.25, 0.3) is 5.91 Å². The van der Waals surface area contributed by atoms with Crippen LogP contribution in [0.25, 0.3) is 0 Å². The smallest absolute Gasteiger partial charge is 0.252 e. The van der Waals surface area contributed by atoms with Gasteiger partial charge in [0.05, 0.1) is 4.95 Å². The van der Waals surface area contributed by atoms with Gasteiger partial charge in [0.15, 0.2) is 0 Å². The van der Waals surface area contributed by atoms with Gasteiger partial charge in [-0.3, -0.25) is 4.79 Å². The van der Waals surface area contributed by atoms with Gasteiger partial charge in [-0.2, -0.15) is 0 Å². The van der Waals surface area contributed by atoms with Crippen molar-refractivity contribution in [2.75, 3.05) is 0 Å². The molecule has 1 aliphatic heterocycles. The third-order valence-corrected chi connectivity index (χ3v) is 2.50. The largest absolute Gasteiger partial charge is 0.339 e. The number of nitrogens with one attached hydrogen (secondary N) is 1. The summed E-state index contributed by atoms with van der Waals surface area (Å²) >= 11 is 3.37. The van der Waals surface area contributed by atoms with E-state index in [2.05, 4.69) is 21.2 Å². The number of fused-ring (bicyclic) bond motifs is 1. The van der Waals surface area contributed by atoms with Crippen LogP contribution in [0.1, 0.15) is 15.9 Å². The van der Waals surface area contributed by atoms with Crippen LogP contribution in [0.4, 0.5) is 0 Å². The van der Waals surface area contributed by atoms with Crippen LogP contribution in [0.15, 0.2) is 24.3 Å². The molecule has 1 aromatic carbocycles. The highest BCUT2D eigenvalue weighted by atomic mass is 79.9. The molecule has 0 saturated heterocycles. The minimum absolute atomic E-state index is 0.0127. The minimum atomic E-state index is 0.0127. The monoisotopic (exact) mass is 225 g/mol. The molecule has 0 spiro atoms. The van der Waals surface area contributed by atoms with Crippen LogP contribution in [0.3, 0.4) is 0 Å². The second kappa shape index (κ2) is 2.90. The second-order valence-corrected chi connectivity index (χ2v) is 3.91. The fourth-order valence-corrected chi connectivity index (χ4v) is 1.94. The summed E-state index contributed by atoms with van der Waals surface area (Å²) in [7, 11) is 0. The van der Waals surface area contributed by atoms with Crippen molar-refractivity contribution in [1.29, 1.82) is 0 Å². The van der Waals surface area contributed by atoms with Crippen LogP contribution in [-0.4, -0.2) is 10.9 Å². The number of hydrogen-bond donors (Lipinski definition) is 1. The fourth-order valence-electron chi connectivity index (χ4n) is 1.38. The van der Waals surface area contributed by atoms with Gasteiger partial charge < -0.3 is 5.32 Å². The van der Waals surface area contributed by atoms with Crippen LogP contribution in [0.2, 0.25) is 0 Å². The molecule has 1 unspecified atom stereocenters. The highest BCUT2D eigenvalue weighted by Crippen LogP contribution is 2.18. The highest BCUT2D eigenvalue weighted by molar-refractivity contribution is 9.09. The number of hydrogen-bond acceptors (Lipinski definition) is 1. The third kappa shape index (κ3) is 1.25. The van der Waals surface area contributed by atoms with Crippen molar-refractivity contribution in [2.45, 2.75) is 11.4 Å². The van der Waals surface area contributed by atoms with Crippen LogP contribution < -0.4 is 5.32 Å². The predicted molar refractivity (Wildman–Crippen MR) is 50.3 cm³/mol. The van der Waals surface area contributed by atoms with Gasteiger partial charge in [0.2, 0.25) is 0 Å². The molecule has 0 fully saturated rings. The normalized spacial score (nSPS) is 21.4. The molecule has 1 amide bonds. The van der Waals surface area contributed by atoms with E-state index in [1.165, 1.54) is 0 Å². The quantitative estimate of drug-likeness (QED) is 0.529. The molecular weight excluding hydrogens is 218 g/mol. The lowest BCUT2D eigenvalue weighted by atomic mass is 10.0. The van der Waals surface area contributed by atoms with E-state index in [4.69, 9.17) is 0 Å². The van der Waals surface area contributed by atoms with Gasteiger partial charge >= 0.3 is 0 Å². The molecule has 1 aliphatic rings. The molecule has 1 N–H and O–H groups in total.